The molecule has 1 aliphatic rings. The van der Waals surface area contributed by atoms with Crippen LogP contribution in [-0.4, -0.2) is 36.5 Å². The highest BCUT2D eigenvalue weighted by Gasteiger charge is 2.29. The number of hydrogen-bond acceptors (Lipinski definition) is 6. The first-order valence-electron chi connectivity index (χ1n) is 8.46. The van der Waals surface area contributed by atoms with Crippen molar-refractivity contribution in [3.63, 3.8) is 0 Å². The molecule has 1 fully saturated rings. The molecule has 0 aromatic carbocycles. The summed E-state index contributed by atoms with van der Waals surface area (Å²) in [5.41, 5.74) is -0.518. The number of rotatable bonds is 4. The van der Waals surface area contributed by atoms with Crippen molar-refractivity contribution in [3.8, 4) is 0 Å². The van der Waals surface area contributed by atoms with Crippen molar-refractivity contribution in [2.75, 3.05) is 6.54 Å². The van der Waals surface area contributed by atoms with E-state index in [2.05, 4.69) is 5.32 Å². The number of nitrogens with one attached hydrogen (secondary N) is 1. The number of hydrogen-bond donors (Lipinski definition) is 1. The summed E-state index contributed by atoms with van der Waals surface area (Å²) in [7, 11) is 0. The molecular formula is C17H29NO6. The van der Waals surface area contributed by atoms with Crippen LogP contribution in [0.5, 0.6) is 0 Å². The molecule has 1 N–H and O–H groups in total. The van der Waals surface area contributed by atoms with E-state index in [9.17, 15) is 14.4 Å². The first kappa shape index (κ1) is 20.3. The standard InChI is InChI=1S/C17H29NO6/c1-11(2)22-16(21)23-14(19)13-8-6-12(7-9-13)10-18-15(20)24-17(3,4)5/h11-13H,6-10H2,1-5H3,(H,18,20). The third kappa shape index (κ3) is 8.17. The zero-order valence-electron chi connectivity index (χ0n) is 15.2. The first-order chi connectivity index (χ1) is 11.1. The second-order valence-corrected chi connectivity index (χ2v) is 7.44. The minimum atomic E-state index is -0.941. The molecule has 0 radical (unpaired) electrons. The van der Waals surface area contributed by atoms with Gasteiger partial charge in [-0.3, -0.25) is 4.79 Å². The Labute approximate surface area is 143 Å². The fourth-order valence-corrected chi connectivity index (χ4v) is 2.53. The van der Waals surface area contributed by atoms with Gasteiger partial charge >= 0.3 is 18.2 Å². The molecule has 0 aromatic rings. The molecule has 138 valence electrons. The highest BCUT2D eigenvalue weighted by atomic mass is 16.7. The highest BCUT2D eigenvalue weighted by molar-refractivity contribution is 5.83. The van der Waals surface area contributed by atoms with Crippen molar-refractivity contribution < 1.29 is 28.6 Å². The minimum absolute atomic E-state index is 0.289. The minimum Gasteiger partial charge on any atom is -0.444 e. The molecule has 1 aliphatic carbocycles. The van der Waals surface area contributed by atoms with Crippen LogP contribution >= 0.6 is 0 Å². The van der Waals surface area contributed by atoms with E-state index in [1.165, 1.54) is 0 Å². The summed E-state index contributed by atoms with van der Waals surface area (Å²) in [5.74, 6) is -0.522. The Morgan fingerprint density at radius 3 is 2.17 bits per heavy atom. The van der Waals surface area contributed by atoms with E-state index >= 15 is 0 Å². The van der Waals surface area contributed by atoms with Crippen LogP contribution in [0.4, 0.5) is 9.59 Å². The number of esters is 1. The quantitative estimate of drug-likeness (QED) is 0.621. The van der Waals surface area contributed by atoms with Gasteiger partial charge < -0.3 is 19.5 Å². The van der Waals surface area contributed by atoms with E-state index in [1.807, 2.05) is 20.8 Å². The summed E-state index contributed by atoms with van der Waals surface area (Å²) in [4.78, 5) is 34.9. The van der Waals surface area contributed by atoms with Gasteiger partial charge in [-0.2, -0.15) is 0 Å². The fourth-order valence-electron chi connectivity index (χ4n) is 2.53. The van der Waals surface area contributed by atoms with Crippen LogP contribution in [0.3, 0.4) is 0 Å². The molecule has 1 saturated carbocycles. The van der Waals surface area contributed by atoms with Gasteiger partial charge in [0, 0.05) is 6.54 Å². The van der Waals surface area contributed by atoms with Crippen molar-refractivity contribution in [1.29, 1.82) is 0 Å². The molecule has 0 bridgehead atoms. The van der Waals surface area contributed by atoms with Crippen molar-refractivity contribution in [2.45, 2.75) is 72.0 Å². The largest absolute Gasteiger partial charge is 0.516 e. The molecule has 0 aliphatic heterocycles. The molecule has 0 heterocycles. The van der Waals surface area contributed by atoms with E-state index < -0.39 is 23.8 Å². The van der Waals surface area contributed by atoms with E-state index in [1.54, 1.807) is 13.8 Å². The van der Waals surface area contributed by atoms with Gasteiger partial charge in [0.25, 0.3) is 0 Å². The molecule has 0 saturated heterocycles. The van der Waals surface area contributed by atoms with Gasteiger partial charge in [-0.15, -0.1) is 0 Å². The van der Waals surface area contributed by atoms with Gasteiger partial charge in [-0.05, 0) is 66.2 Å². The van der Waals surface area contributed by atoms with Crippen molar-refractivity contribution >= 4 is 18.2 Å². The predicted octanol–water partition coefficient (Wildman–Crippen LogP) is 3.41. The highest BCUT2D eigenvalue weighted by Crippen LogP contribution is 2.29. The van der Waals surface area contributed by atoms with E-state index in [-0.39, 0.29) is 12.0 Å². The van der Waals surface area contributed by atoms with Crippen LogP contribution in [0.15, 0.2) is 0 Å². The SMILES string of the molecule is CC(C)OC(=O)OC(=O)C1CCC(CNC(=O)OC(C)(C)C)CC1. The molecule has 1 amide bonds. The maximum atomic E-state index is 11.9. The number of carbonyl (C=O) groups excluding carboxylic acids is 3. The van der Waals surface area contributed by atoms with Crippen LogP contribution in [0.2, 0.25) is 0 Å². The number of alkyl carbamates (subject to hydrolysis) is 1. The Balaban J connectivity index is 2.27. The molecule has 7 nitrogen and oxygen atoms in total. The van der Waals surface area contributed by atoms with Gasteiger partial charge in [0.2, 0.25) is 0 Å². The van der Waals surface area contributed by atoms with Gasteiger partial charge in [0.05, 0.1) is 12.0 Å². The summed E-state index contributed by atoms with van der Waals surface area (Å²) < 4.78 is 14.7. The summed E-state index contributed by atoms with van der Waals surface area (Å²) in [6.45, 7) is 9.34. The average Bonchev–Trinajstić information content (AvgIpc) is 2.42. The zero-order chi connectivity index (χ0) is 18.3. The molecular weight excluding hydrogens is 314 g/mol. The molecule has 0 unspecified atom stereocenters. The summed E-state index contributed by atoms with van der Waals surface area (Å²) >= 11 is 0. The lowest BCUT2D eigenvalue weighted by molar-refractivity contribution is -0.146. The second-order valence-electron chi connectivity index (χ2n) is 7.44. The van der Waals surface area contributed by atoms with E-state index in [0.717, 1.165) is 12.8 Å². The molecule has 24 heavy (non-hydrogen) atoms. The van der Waals surface area contributed by atoms with Crippen molar-refractivity contribution in [2.24, 2.45) is 11.8 Å². The zero-order valence-corrected chi connectivity index (χ0v) is 15.2. The van der Waals surface area contributed by atoms with Crippen LogP contribution in [0.25, 0.3) is 0 Å². The third-order valence-corrected chi connectivity index (χ3v) is 3.63. The lowest BCUT2D eigenvalue weighted by Crippen LogP contribution is -2.36. The topological polar surface area (TPSA) is 90.9 Å². The maximum Gasteiger partial charge on any atom is 0.516 e. The van der Waals surface area contributed by atoms with Crippen LogP contribution in [-0.2, 0) is 19.0 Å². The van der Waals surface area contributed by atoms with E-state index in [4.69, 9.17) is 14.2 Å². The Kier molecular flexibility index (Phi) is 7.51. The van der Waals surface area contributed by atoms with Crippen LogP contribution in [0.1, 0.15) is 60.3 Å². The first-order valence-corrected chi connectivity index (χ1v) is 8.46. The van der Waals surface area contributed by atoms with E-state index in [0.29, 0.717) is 25.3 Å². The fraction of sp³-hybridized carbons (Fsp3) is 0.824. The lowest BCUT2D eigenvalue weighted by atomic mass is 9.82. The lowest BCUT2D eigenvalue weighted by Gasteiger charge is -2.27. The molecule has 0 spiro atoms. The number of carbonyl (C=O) groups is 3. The smallest absolute Gasteiger partial charge is 0.444 e. The monoisotopic (exact) mass is 343 g/mol. The molecule has 1 rings (SSSR count). The van der Waals surface area contributed by atoms with Crippen LogP contribution in [0, 0.1) is 11.8 Å². The van der Waals surface area contributed by atoms with Gasteiger partial charge in [0.1, 0.15) is 5.60 Å². The molecule has 0 aromatic heterocycles. The summed E-state index contributed by atoms with van der Waals surface area (Å²) in [6, 6.07) is 0. The molecule has 7 heteroatoms. The number of ether oxygens (including phenoxy) is 3. The average molecular weight is 343 g/mol. The summed E-state index contributed by atoms with van der Waals surface area (Å²) in [6.07, 6.45) is 1.15. The Morgan fingerprint density at radius 2 is 1.67 bits per heavy atom. The molecule has 0 atom stereocenters. The number of amides is 1. The predicted molar refractivity (Wildman–Crippen MR) is 87.4 cm³/mol. The van der Waals surface area contributed by atoms with Gasteiger partial charge in [-0.25, -0.2) is 9.59 Å². The Hall–Kier alpha value is -1.79. The Morgan fingerprint density at radius 1 is 1.08 bits per heavy atom. The summed E-state index contributed by atoms with van der Waals surface area (Å²) in [5, 5.41) is 2.76. The van der Waals surface area contributed by atoms with Crippen LogP contribution < -0.4 is 5.32 Å². The second kappa shape index (κ2) is 8.89. The Bertz CT molecular complexity index is 446. The normalized spacial score (nSPS) is 21.1. The van der Waals surface area contributed by atoms with Crippen molar-refractivity contribution in [1.82, 2.24) is 5.32 Å². The van der Waals surface area contributed by atoms with Gasteiger partial charge in [-0.1, -0.05) is 0 Å². The maximum absolute atomic E-state index is 11.9. The van der Waals surface area contributed by atoms with Gasteiger partial charge in [0.15, 0.2) is 0 Å². The van der Waals surface area contributed by atoms with Crippen molar-refractivity contribution in [3.05, 3.63) is 0 Å². The third-order valence-electron chi connectivity index (χ3n) is 3.63.